The number of hydrogen-bond acceptors (Lipinski definition) is 6. The van der Waals surface area contributed by atoms with Crippen LogP contribution < -0.4 is 0 Å². The molecular formula is C17H18N2O3S3. The maximum atomic E-state index is 13.0. The van der Waals surface area contributed by atoms with Crippen molar-refractivity contribution in [3.05, 3.63) is 35.7 Å². The lowest BCUT2D eigenvalue weighted by atomic mass is 10.1. The number of sulfonamides is 1. The summed E-state index contributed by atoms with van der Waals surface area (Å²) in [4.78, 5) is 4.60. The fourth-order valence-corrected chi connectivity index (χ4v) is 7.30. The Hall–Kier alpha value is -1.32. The largest absolute Gasteiger partial charge is 0.392 e. The van der Waals surface area contributed by atoms with E-state index < -0.39 is 16.1 Å². The first-order chi connectivity index (χ1) is 12.0. The molecule has 3 aromatic rings. The molecule has 0 aliphatic carbocycles. The Morgan fingerprint density at radius 1 is 1.36 bits per heavy atom. The average Bonchev–Trinajstić information content (AvgIpc) is 3.31. The maximum absolute atomic E-state index is 13.0. The van der Waals surface area contributed by atoms with Crippen LogP contribution >= 0.6 is 22.7 Å². The summed E-state index contributed by atoms with van der Waals surface area (Å²) < 4.78 is 28.8. The monoisotopic (exact) mass is 394 g/mol. The van der Waals surface area contributed by atoms with Crippen LogP contribution in [-0.4, -0.2) is 41.5 Å². The first kappa shape index (κ1) is 17.1. The molecule has 0 saturated carbocycles. The molecule has 2 aromatic heterocycles. The molecule has 25 heavy (non-hydrogen) atoms. The molecule has 8 heteroatoms. The van der Waals surface area contributed by atoms with Gasteiger partial charge in [0.2, 0.25) is 0 Å². The lowest BCUT2D eigenvalue weighted by Gasteiger charge is -2.25. The number of hydrogen-bond donors (Lipinski definition) is 1. The molecule has 5 nitrogen and oxygen atoms in total. The first-order valence-electron chi connectivity index (χ1n) is 8.11. The molecule has 1 saturated heterocycles. The van der Waals surface area contributed by atoms with Crippen molar-refractivity contribution in [3.63, 3.8) is 0 Å². The van der Waals surface area contributed by atoms with E-state index in [9.17, 15) is 13.5 Å². The molecule has 0 bridgehead atoms. The maximum Gasteiger partial charge on any atom is 0.252 e. The predicted molar refractivity (Wildman–Crippen MR) is 102 cm³/mol. The van der Waals surface area contributed by atoms with Gasteiger partial charge in [-0.2, -0.15) is 4.31 Å². The zero-order valence-electron chi connectivity index (χ0n) is 13.6. The van der Waals surface area contributed by atoms with Gasteiger partial charge >= 0.3 is 0 Å². The molecule has 1 aliphatic rings. The SMILES string of the molecule is CC(O)C1CCCN1S(=O)(=O)c1cc(-c2nc3ccccc3s2)cs1. The molecule has 1 N–H and O–H groups in total. The van der Waals surface area contributed by atoms with Gasteiger partial charge in [-0.25, -0.2) is 13.4 Å². The van der Waals surface area contributed by atoms with Crippen LogP contribution in [0.5, 0.6) is 0 Å². The predicted octanol–water partition coefficient (Wildman–Crippen LogP) is 3.56. The molecule has 2 unspecified atom stereocenters. The van der Waals surface area contributed by atoms with Crippen molar-refractivity contribution in [1.29, 1.82) is 0 Å². The number of rotatable bonds is 4. The number of aromatic nitrogens is 1. The first-order valence-corrected chi connectivity index (χ1v) is 11.2. The van der Waals surface area contributed by atoms with E-state index in [1.54, 1.807) is 24.3 Å². The van der Waals surface area contributed by atoms with Crippen LogP contribution in [0, 0.1) is 0 Å². The Balaban J connectivity index is 1.68. The highest BCUT2D eigenvalue weighted by molar-refractivity contribution is 7.91. The second-order valence-corrected chi connectivity index (χ2v) is 10.3. The summed E-state index contributed by atoms with van der Waals surface area (Å²) >= 11 is 2.78. The standard InChI is InChI=1S/C17H18N2O3S3/c1-11(20)14-6-4-8-19(14)25(21,22)16-9-12(10-23-16)17-18-13-5-2-3-7-15(13)24-17/h2-3,5,7,9-11,14,20H,4,6,8H2,1H3. The lowest BCUT2D eigenvalue weighted by Crippen LogP contribution is -2.41. The number of nitrogens with zero attached hydrogens (tertiary/aromatic N) is 2. The summed E-state index contributed by atoms with van der Waals surface area (Å²) in [6.45, 7) is 2.12. The topological polar surface area (TPSA) is 70.5 Å². The van der Waals surface area contributed by atoms with Crippen molar-refractivity contribution in [1.82, 2.24) is 9.29 Å². The third-order valence-corrected chi connectivity index (χ3v) is 8.91. The van der Waals surface area contributed by atoms with Gasteiger partial charge in [0.05, 0.1) is 22.4 Å². The van der Waals surface area contributed by atoms with Crippen molar-refractivity contribution < 1.29 is 13.5 Å². The molecule has 2 atom stereocenters. The molecule has 0 radical (unpaired) electrons. The van der Waals surface area contributed by atoms with Gasteiger partial charge in [-0.1, -0.05) is 12.1 Å². The number of thiophene rings is 1. The summed E-state index contributed by atoms with van der Waals surface area (Å²) in [7, 11) is -3.58. The van der Waals surface area contributed by atoms with Crippen molar-refractivity contribution in [3.8, 4) is 10.6 Å². The van der Waals surface area contributed by atoms with Crippen molar-refractivity contribution in [2.75, 3.05) is 6.54 Å². The van der Waals surface area contributed by atoms with Crippen molar-refractivity contribution in [2.45, 2.75) is 36.1 Å². The van der Waals surface area contributed by atoms with E-state index in [0.717, 1.165) is 27.2 Å². The molecule has 0 spiro atoms. The Morgan fingerprint density at radius 2 is 2.16 bits per heavy atom. The van der Waals surface area contributed by atoms with Crippen molar-refractivity contribution >= 4 is 42.9 Å². The van der Waals surface area contributed by atoms with E-state index in [1.165, 1.54) is 15.6 Å². The van der Waals surface area contributed by atoms with Crippen LogP contribution in [0.25, 0.3) is 20.8 Å². The zero-order valence-corrected chi connectivity index (χ0v) is 16.1. The van der Waals surface area contributed by atoms with Gasteiger partial charge in [0.15, 0.2) is 0 Å². The van der Waals surface area contributed by atoms with E-state index in [1.807, 2.05) is 29.6 Å². The number of benzene rings is 1. The second-order valence-electron chi connectivity index (χ2n) is 6.21. The number of thiazole rings is 1. The van der Waals surface area contributed by atoms with Crippen LogP contribution in [0.15, 0.2) is 39.9 Å². The number of para-hydroxylation sites is 1. The fourth-order valence-electron chi connectivity index (χ4n) is 3.22. The smallest absolute Gasteiger partial charge is 0.252 e. The minimum absolute atomic E-state index is 0.314. The molecule has 132 valence electrons. The number of aliphatic hydroxyl groups excluding tert-OH is 1. The highest BCUT2D eigenvalue weighted by Crippen LogP contribution is 2.36. The second kappa shape index (κ2) is 6.44. The van der Waals surface area contributed by atoms with E-state index in [4.69, 9.17) is 0 Å². The summed E-state index contributed by atoms with van der Waals surface area (Å²) in [6, 6.07) is 9.25. The van der Waals surface area contributed by atoms with Gasteiger partial charge in [0.25, 0.3) is 10.0 Å². The van der Waals surface area contributed by atoms with Gasteiger partial charge in [-0.3, -0.25) is 0 Å². The van der Waals surface area contributed by atoms with E-state index in [2.05, 4.69) is 4.98 Å². The Labute approximate surface area is 154 Å². The average molecular weight is 395 g/mol. The number of aliphatic hydroxyl groups is 1. The Morgan fingerprint density at radius 3 is 2.92 bits per heavy atom. The van der Waals surface area contributed by atoms with Gasteiger partial charge in [0.1, 0.15) is 9.22 Å². The quantitative estimate of drug-likeness (QED) is 0.734. The van der Waals surface area contributed by atoms with Crippen LogP contribution in [0.4, 0.5) is 0 Å². The van der Waals surface area contributed by atoms with Crippen LogP contribution in [0.3, 0.4) is 0 Å². The summed E-state index contributed by atoms with van der Waals surface area (Å²) in [5.41, 5.74) is 1.75. The van der Waals surface area contributed by atoms with Crippen LogP contribution in [0.2, 0.25) is 0 Å². The molecule has 1 aliphatic heterocycles. The Bertz CT molecular complexity index is 974. The van der Waals surface area contributed by atoms with Gasteiger partial charge in [-0.05, 0) is 38.0 Å². The number of fused-ring (bicyclic) bond motifs is 1. The minimum atomic E-state index is -3.58. The fraction of sp³-hybridized carbons (Fsp3) is 0.353. The summed E-state index contributed by atoms with van der Waals surface area (Å²) in [5, 5.41) is 12.6. The molecule has 1 aromatic carbocycles. The van der Waals surface area contributed by atoms with Crippen LogP contribution in [-0.2, 0) is 10.0 Å². The molecule has 0 amide bonds. The summed E-state index contributed by atoms with van der Waals surface area (Å²) in [5.74, 6) is 0. The van der Waals surface area contributed by atoms with Gasteiger partial charge in [0, 0.05) is 17.5 Å². The van der Waals surface area contributed by atoms with E-state index >= 15 is 0 Å². The van der Waals surface area contributed by atoms with Gasteiger partial charge < -0.3 is 5.11 Å². The highest BCUT2D eigenvalue weighted by atomic mass is 32.2. The Kier molecular flexibility index (Phi) is 4.41. The van der Waals surface area contributed by atoms with Crippen molar-refractivity contribution in [2.24, 2.45) is 0 Å². The normalized spacial score (nSPS) is 20.3. The van der Waals surface area contributed by atoms with Crippen LogP contribution in [0.1, 0.15) is 19.8 Å². The summed E-state index contributed by atoms with van der Waals surface area (Å²) in [6.07, 6.45) is 0.818. The molecule has 3 heterocycles. The third-order valence-electron chi connectivity index (χ3n) is 4.48. The van der Waals surface area contributed by atoms with E-state index in [-0.39, 0.29) is 6.04 Å². The third kappa shape index (κ3) is 3.02. The molecule has 1 fully saturated rings. The lowest BCUT2D eigenvalue weighted by molar-refractivity contribution is 0.123. The zero-order chi connectivity index (χ0) is 17.6. The van der Waals surface area contributed by atoms with E-state index in [0.29, 0.717) is 17.2 Å². The molecular weight excluding hydrogens is 376 g/mol. The molecule has 4 rings (SSSR count). The minimum Gasteiger partial charge on any atom is -0.392 e. The van der Waals surface area contributed by atoms with Gasteiger partial charge in [-0.15, -0.1) is 22.7 Å². The highest BCUT2D eigenvalue weighted by Gasteiger charge is 2.38.